The highest BCUT2D eigenvalue weighted by molar-refractivity contribution is 7.98. The highest BCUT2D eigenvalue weighted by atomic mass is 35.5. The third kappa shape index (κ3) is 6.17. The lowest BCUT2D eigenvalue weighted by atomic mass is 10.4. The molecule has 0 radical (unpaired) electrons. The maximum Gasteiger partial charge on any atom is 0.0925 e. The average Bonchev–Trinajstić information content (AvgIpc) is 2.75. The number of nitrogens with zero attached hydrogens (tertiary/aromatic N) is 2. The second kappa shape index (κ2) is 10.1. The highest BCUT2D eigenvalue weighted by Gasteiger charge is 1.99. The van der Waals surface area contributed by atoms with Crippen LogP contribution in [0.15, 0.2) is 28.8 Å². The average molecular weight is 353 g/mol. The summed E-state index contributed by atoms with van der Waals surface area (Å²) in [6.07, 6.45) is 1.74. The van der Waals surface area contributed by atoms with Gasteiger partial charge in [0.25, 0.3) is 0 Å². The number of aryl methyl sites for hydroxylation is 1. The Balaban J connectivity index is 0.00000180. The fourth-order valence-corrected chi connectivity index (χ4v) is 2.85. The zero-order chi connectivity index (χ0) is 12.8. The first kappa shape index (κ1) is 19.3. The van der Waals surface area contributed by atoms with E-state index in [1.165, 1.54) is 11.3 Å². The van der Waals surface area contributed by atoms with Gasteiger partial charge in [0.05, 0.1) is 22.4 Å². The summed E-state index contributed by atoms with van der Waals surface area (Å²) < 4.78 is 0. The molecule has 2 rings (SSSR count). The van der Waals surface area contributed by atoms with Crippen molar-refractivity contribution in [1.29, 1.82) is 0 Å². The first-order chi connectivity index (χ1) is 8.75. The quantitative estimate of drug-likeness (QED) is 0.812. The molecular formula is C12H18Cl2N4S2. The molecule has 20 heavy (non-hydrogen) atoms. The van der Waals surface area contributed by atoms with Crippen LogP contribution >= 0.6 is 47.9 Å². The Bertz CT molecular complexity index is 568. The van der Waals surface area contributed by atoms with Gasteiger partial charge in [0.1, 0.15) is 0 Å². The van der Waals surface area contributed by atoms with Gasteiger partial charge in [-0.2, -0.15) is 11.8 Å². The second-order valence-electron chi connectivity index (χ2n) is 3.80. The monoisotopic (exact) mass is 352 g/mol. The Labute approximate surface area is 139 Å². The van der Waals surface area contributed by atoms with Crippen molar-refractivity contribution in [2.45, 2.75) is 12.7 Å². The molecule has 0 saturated carbocycles. The number of H-pyrrole nitrogens is 1. The lowest BCUT2D eigenvalue weighted by molar-refractivity contribution is 1.07. The van der Waals surface area contributed by atoms with Crippen LogP contribution in [0.3, 0.4) is 0 Å². The van der Waals surface area contributed by atoms with Crippen LogP contribution in [0.1, 0.15) is 11.4 Å². The minimum Gasteiger partial charge on any atom is -0.391 e. The summed E-state index contributed by atoms with van der Waals surface area (Å²) in [5.74, 6) is 1.92. The van der Waals surface area contributed by atoms with Crippen molar-refractivity contribution in [3.8, 4) is 0 Å². The van der Waals surface area contributed by atoms with Crippen molar-refractivity contribution in [3.63, 3.8) is 0 Å². The number of nitrogens with one attached hydrogen (secondary N) is 1. The first-order valence-electron chi connectivity index (χ1n) is 5.67. The van der Waals surface area contributed by atoms with Gasteiger partial charge in [-0.3, -0.25) is 4.99 Å². The molecule has 0 unspecified atom stereocenters. The van der Waals surface area contributed by atoms with E-state index in [0.29, 0.717) is 0 Å². The fraction of sp³-hybridized carbons (Fsp3) is 0.333. The summed E-state index contributed by atoms with van der Waals surface area (Å²) in [6, 6.07) is 3.90. The normalized spacial score (nSPS) is 10.8. The standard InChI is InChI=1S/C12H16N4S2.2ClH/c1-9-11(16-8-15-9)7-17-5-3-14-10-2-4-18-12(13)6-10;;/h2,4,6,8H,3,5,7,13H2,1H3,(H,15,16);2*1H. The molecule has 0 aliphatic carbocycles. The predicted octanol–water partition coefficient (Wildman–Crippen LogP) is 3.04. The van der Waals surface area contributed by atoms with Crippen molar-refractivity contribution in [3.05, 3.63) is 40.6 Å². The number of nitrogens with two attached hydrogens (primary N) is 1. The molecule has 0 aliphatic rings. The smallest absolute Gasteiger partial charge is 0.0925 e. The van der Waals surface area contributed by atoms with Crippen molar-refractivity contribution in [1.82, 2.24) is 9.97 Å². The molecule has 0 saturated heterocycles. The lowest BCUT2D eigenvalue weighted by Crippen LogP contribution is -2.03. The number of thioether (sulfide) groups is 1. The molecule has 0 aliphatic heterocycles. The number of aromatic nitrogens is 2. The summed E-state index contributed by atoms with van der Waals surface area (Å²) in [6.45, 7) is 2.85. The van der Waals surface area contributed by atoms with Crippen LogP contribution in [0, 0.1) is 6.92 Å². The van der Waals surface area contributed by atoms with Crippen LogP contribution in [0.25, 0.3) is 0 Å². The number of rotatable bonds is 5. The van der Waals surface area contributed by atoms with E-state index in [1.807, 2.05) is 36.2 Å². The summed E-state index contributed by atoms with van der Waals surface area (Å²) in [5, 5.41) is 3.73. The van der Waals surface area contributed by atoms with E-state index in [-0.39, 0.29) is 24.8 Å². The Kier molecular flexibility index (Phi) is 9.75. The lowest BCUT2D eigenvalue weighted by Gasteiger charge is -1.98. The van der Waals surface area contributed by atoms with Crippen LogP contribution in [0.5, 0.6) is 0 Å². The second-order valence-corrected chi connectivity index (χ2v) is 5.89. The van der Waals surface area contributed by atoms with Gasteiger partial charge in [0.2, 0.25) is 0 Å². The van der Waals surface area contributed by atoms with Gasteiger partial charge < -0.3 is 10.7 Å². The van der Waals surface area contributed by atoms with Gasteiger partial charge in [0, 0.05) is 23.7 Å². The Morgan fingerprint density at radius 3 is 2.90 bits per heavy atom. The number of aromatic amines is 1. The number of anilines is 1. The van der Waals surface area contributed by atoms with Crippen LogP contribution < -0.4 is 11.1 Å². The molecule has 0 aromatic carbocycles. The molecule has 8 heteroatoms. The summed E-state index contributed by atoms with van der Waals surface area (Å²) >= 11 is 3.37. The third-order valence-electron chi connectivity index (χ3n) is 2.44. The fourth-order valence-electron chi connectivity index (χ4n) is 1.45. The van der Waals surface area contributed by atoms with Gasteiger partial charge in [-0.05, 0) is 24.4 Å². The molecule has 0 atom stereocenters. The zero-order valence-electron chi connectivity index (χ0n) is 11.0. The van der Waals surface area contributed by atoms with Crippen molar-refractivity contribution >= 4 is 52.9 Å². The molecule has 2 aromatic heterocycles. The summed E-state index contributed by atoms with van der Waals surface area (Å²) in [5.41, 5.74) is 7.99. The van der Waals surface area contributed by atoms with Gasteiger partial charge in [0.15, 0.2) is 0 Å². The zero-order valence-corrected chi connectivity index (χ0v) is 14.3. The van der Waals surface area contributed by atoms with Gasteiger partial charge >= 0.3 is 0 Å². The predicted molar refractivity (Wildman–Crippen MR) is 93.1 cm³/mol. The van der Waals surface area contributed by atoms with E-state index in [4.69, 9.17) is 5.73 Å². The van der Waals surface area contributed by atoms with Crippen LogP contribution in [-0.4, -0.2) is 22.3 Å². The minimum absolute atomic E-state index is 0. The van der Waals surface area contributed by atoms with Crippen molar-refractivity contribution in [2.24, 2.45) is 4.99 Å². The van der Waals surface area contributed by atoms with E-state index < -0.39 is 0 Å². The molecule has 4 nitrogen and oxygen atoms in total. The minimum atomic E-state index is 0. The number of hydrogen-bond acceptors (Lipinski definition) is 5. The Morgan fingerprint density at radius 2 is 2.25 bits per heavy atom. The van der Waals surface area contributed by atoms with Gasteiger partial charge in [-0.1, -0.05) is 0 Å². The number of imidazole rings is 1. The SMILES string of the molecule is Cc1[nH]cnc1CSCCN=c1ccsc(N)c1.Cl.Cl. The van der Waals surface area contributed by atoms with Gasteiger partial charge in [-0.25, -0.2) is 4.98 Å². The molecule has 0 fully saturated rings. The maximum absolute atomic E-state index is 5.71. The number of halogens is 2. The number of nitrogen functional groups attached to an aromatic ring is 1. The summed E-state index contributed by atoms with van der Waals surface area (Å²) in [4.78, 5) is 11.8. The van der Waals surface area contributed by atoms with E-state index in [2.05, 4.69) is 15.0 Å². The van der Waals surface area contributed by atoms with E-state index in [9.17, 15) is 0 Å². The van der Waals surface area contributed by atoms with E-state index in [1.54, 1.807) is 6.33 Å². The molecule has 0 bridgehead atoms. The molecule has 0 amide bonds. The largest absolute Gasteiger partial charge is 0.391 e. The van der Waals surface area contributed by atoms with Crippen molar-refractivity contribution in [2.75, 3.05) is 18.0 Å². The molecule has 112 valence electrons. The van der Waals surface area contributed by atoms with Crippen molar-refractivity contribution < 1.29 is 0 Å². The first-order valence-corrected chi connectivity index (χ1v) is 7.70. The molecular weight excluding hydrogens is 335 g/mol. The highest BCUT2D eigenvalue weighted by Crippen LogP contribution is 2.12. The van der Waals surface area contributed by atoms with E-state index >= 15 is 0 Å². The third-order valence-corrected chi connectivity index (χ3v) is 4.05. The van der Waals surface area contributed by atoms with Crippen LogP contribution in [-0.2, 0) is 5.75 Å². The maximum atomic E-state index is 5.71. The summed E-state index contributed by atoms with van der Waals surface area (Å²) in [7, 11) is 0. The molecule has 0 spiro atoms. The van der Waals surface area contributed by atoms with E-state index in [0.717, 1.165) is 39.8 Å². The Hall–Kier alpha value is -0.690. The topological polar surface area (TPSA) is 67.1 Å². The molecule has 2 heterocycles. The van der Waals surface area contributed by atoms with Crippen LogP contribution in [0.4, 0.5) is 5.00 Å². The molecule has 3 N–H and O–H groups in total. The Morgan fingerprint density at radius 1 is 1.45 bits per heavy atom. The molecule has 2 aromatic rings. The van der Waals surface area contributed by atoms with Gasteiger partial charge in [-0.15, -0.1) is 36.2 Å². The van der Waals surface area contributed by atoms with Crippen LogP contribution in [0.2, 0.25) is 0 Å². The number of hydrogen-bond donors (Lipinski definition) is 2.